The summed E-state index contributed by atoms with van der Waals surface area (Å²) in [6.07, 6.45) is 1.58. The predicted octanol–water partition coefficient (Wildman–Crippen LogP) is 2.87. The summed E-state index contributed by atoms with van der Waals surface area (Å²) >= 11 is 0. The van der Waals surface area contributed by atoms with Crippen molar-refractivity contribution in [1.82, 2.24) is 4.41 Å². The lowest BCUT2D eigenvalue weighted by Gasteiger charge is -2.21. The molecule has 28 heavy (non-hydrogen) atoms. The van der Waals surface area contributed by atoms with Gasteiger partial charge < -0.3 is 0 Å². The normalized spacial score (nSPS) is 17.5. The van der Waals surface area contributed by atoms with E-state index in [9.17, 15) is 16.8 Å². The number of nitrogens with one attached hydrogen (secondary N) is 1. The lowest BCUT2D eigenvalue weighted by Crippen LogP contribution is -2.25. The highest BCUT2D eigenvalue weighted by molar-refractivity contribution is 7.92. The topological polar surface area (TPSA) is 95.9 Å². The van der Waals surface area contributed by atoms with Gasteiger partial charge in [-0.1, -0.05) is 42.0 Å². The number of hydrazone groups is 1. The Balaban J connectivity index is 1.89. The van der Waals surface area contributed by atoms with E-state index in [1.807, 2.05) is 31.2 Å². The zero-order valence-corrected chi connectivity index (χ0v) is 17.6. The predicted molar refractivity (Wildman–Crippen MR) is 111 cm³/mol. The van der Waals surface area contributed by atoms with E-state index in [1.54, 1.807) is 31.2 Å². The largest absolute Gasteiger partial charge is 0.284 e. The first-order valence-corrected chi connectivity index (χ1v) is 12.3. The number of nitrogens with zero attached hydrogens (tertiary/aromatic N) is 2. The average molecular weight is 422 g/mol. The molecule has 3 rings (SSSR count). The number of benzene rings is 2. The summed E-state index contributed by atoms with van der Waals surface area (Å²) in [6, 6.07) is 14.1. The minimum Gasteiger partial charge on any atom is -0.284 e. The number of hydrogen-bond donors (Lipinski definition) is 1. The Bertz CT molecular complexity index is 1090. The first-order valence-electron chi connectivity index (χ1n) is 8.83. The molecule has 9 heteroatoms. The second-order valence-corrected chi connectivity index (χ2v) is 10.6. The van der Waals surface area contributed by atoms with Gasteiger partial charge in [-0.3, -0.25) is 4.72 Å². The maximum atomic E-state index is 12.2. The van der Waals surface area contributed by atoms with Crippen LogP contribution in [0.15, 0.2) is 53.6 Å². The molecule has 1 aliphatic heterocycles. The Labute approximate surface area is 166 Å². The molecular weight excluding hydrogens is 398 g/mol. The first-order chi connectivity index (χ1) is 13.1. The van der Waals surface area contributed by atoms with Crippen molar-refractivity contribution in [3.05, 3.63) is 65.2 Å². The van der Waals surface area contributed by atoms with E-state index in [0.29, 0.717) is 17.8 Å². The van der Waals surface area contributed by atoms with Crippen LogP contribution >= 0.6 is 0 Å². The van der Waals surface area contributed by atoms with Crippen LogP contribution in [0.2, 0.25) is 0 Å². The van der Waals surface area contributed by atoms with E-state index in [1.165, 1.54) is 0 Å². The molecule has 0 amide bonds. The molecule has 1 atom stereocenters. The van der Waals surface area contributed by atoms with Gasteiger partial charge >= 0.3 is 0 Å². The Hall–Kier alpha value is -2.39. The van der Waals surface area contributed by atoms with Crippen LogP contribution in [0.25, 0.3) is 0 Å². The van der Waals surface area contributed by atoms with Gasteiger partial charge in [0.2, 0.25) is 20.0 Å². The van der Waals surface area contributed by atoms with Gasteiger partial charge in [0.05, 0.1) is 23.8 Å². The maximum Gasteiger partial charge on any atom is 0.247 e. The number of rotatable bonds is 6. The monoisotopic (exact) mass is 421 g/mol. The van der Waals surface area contributed by atoms with Crippen molar-refractivity contribution in [3.8, 4) is 0 Å². The summed E-state index contributed by atoms with van der Waals surface area (Å²) in [5.74, 6) is -0.0109. The molecule has 1 aliphatic rings. The van der Waals surface area contributed by atoms with Gasteiger partial charge in [0.15, 0.2) is 0 Å². The Morgan fingerprint density at radius 1 is 1.04 bits per heavy atom. The van der Waals surface area contributed by atoms with Crippen molar-refractivity contribution in [2.24, 2.45) is 5.10 Å². The second-order valence-electron chi connectivity index (χ2n) is 6.80. The molecular formula is C19H23N3O4S2. The first kappa shape index (κ1) is 20.3. The fourth-order valence-corrected chi connectivity index (χ4v) is 4.53. The zero-order chi connectivity index (χ0) is 20.5. The molecule has 0 radical (unpaired) electrons. The molecule has 0 fully saturated rings. The minimum atomic E-state index is -3.53. The maximum absolute atomic E-state index is 12.2. The molecule has 0 saturated heterocycles. The number of anilines is 1. The summed E-state index contributed by atoms with van der Waals surface area (Å²) in [5, 5.41) is 4.35. The van der Waals surface area contributed by atoms with Gasteiger partial charge in [-0.05, 0) is 37.1 Å². The zero-order valence-electron chi connectivity index (χ0n) is 16.0. The molecule has 0 unspecified atom stereocenters. The van der Waals surface area contributed by atoms with E-state index in [2.05, 4.69) is 9.82 Å². The highest BCUT2D eigenvalue weighted by atomic mass is 32.2. The third-order valence-corrected chi connectivity index (χ3v) is 6.87. The molecule has 1 N–H and O–H groups in total. The minimum absolute atomic E-state index is 0.0109. The Kier molecular flexibility index (Phi) is 5.49. The summed E-state index contributed by atoms with van der Waals surface area (Å²) in [4.78, 5) is 0. The van der Waals surface area contributed by atoms with Gasteiger partial charge in [-0.25, -0.2) is 16.8 Å². The smallest absolute Gasteiger partial charge is 0.247 e. The van der Waals surface area contributed by atoms with Crippen molar-refractivity contribution in [2.75, 3.05) is 16.7 Å². The van der Waals surface area contributed by atoms with Crippen LogP contribution in [0, 0.1) is 6.92 Å². The Morgan fingerprint density at radius 2 is 1.64 bits per heavy atom. The van der Waals surface area contributed by atoms with Crippen molar-refractivity contribution in [3.63, 3.8) is 0 Å². The van der Waals surface area contributed by atoms with E-state index in [-0.39, 0.29) is 5.75 Å². The number of sulfonamides is 2. The molecule has 0 spiro atoms. The van der Waals surface area contributed by atoms with E-state index < -0.39 is 26.1 Å². The van der Waals surface area contributed by atoms with E-state index >= 15 is 0 Å². The molecule has 0 bridgehead atoms. The molecule has 0 aromatic heterocycles. The van der Waals surface area contributed by atoms with Crippen molar-refractivity contribution in [2.45, 2.75) is 26.3 Å². The standard InChI is InChI=1S/C19H23N3O4S2/c1-4-28(25,26)21-17-11-9-15(10-12-17)18-13-19(22(20-18)27(3,23)24)16-7-5-14(2)6-8-16/h5-12,19,21H,4,13H2,1-3H3/t19-/m1/s1. The molecule has 0 aliphatic carbocycles. The SMILES string of the molecule is CCS(=O)(=O)Nc1ccc(C2=NN(S(C)(=O)=O)[C@@H](c3ccc(C)cc3)C2)cc1. The van der Waals surface area contributed by atoms with Crippen LogP contribution in [-0.2, 0) is 20.0 Å². The molecule has 150 valence electrons. The van der Waals surface area contributed by atoms with Crippen molar-refractivity contribution in [1.29, 1.82) is 0 Å². The van der Waals surface area contributed by atoms with Crippen LogP contribution in [-0.4, -0.2) is 39.0 Å². The number of aryl methyl sites for hydroxylation is 1. The summed E-state index contributed by atoms with van der Waals surface area (Å²) in [5.41, 5.74) is 3.82. The lowest BCUT2D eigenvalue weighted by molar-refractivity contribution is 0.375. The summed E-state index contributed by atoms with van der Waals surface area (Å²) in [6.45, 7) is 3.54. The van der Waals surface area contributed by atoms with Gasteiger partial charge in [-0.2, -0.15) is 9.52 Å². The van der Waals surface area contributed by atoms with Crippen LogP contribution in [0.4, 0.5) is 5.69 Å². The van der Waals surface area contributed by atoms with Crippen LogP contribution in [0.5, 0.6) is 0 Å². The van der Waals surface area contributed by atoms with E-state index in [4.69, 9.17) is 0 Å². The highest BCUT2D eigenvalue weighted by Crippen LogP contribution is 2.34. The molecule has 0 saturated carbocycles. The molecule has 2 aromatic carbocycles. The number of hydrogen-bond acceptors (Lipinski definition) is 5. The highest BCUT2D eigenvalue weighted by Gasteiger charge is 2.34. The van der Waals surface area contributed by atoms with Gasteiger partial charge in [0.25, 0.3) is 0 Å². The second kappa shape index (κ2) is 7.56. The average Bonchev–Trinajstić information content (AvgIpc) is 3.08. The van der Waals surface area contributed by atoms with Crippen LogP contribution in [0.1, 0.15) is 36.1 Å². The fourth-order valence-electron chi connectivity index (χ4n) is 2.99. The molecule has 1 heterocycles. The third kappa shape index (κ3) is 4.53. The van der Waals surface area contributed by atoms with Crippen molar-refractivity contribution < 1.29 is 16.8 Å². The summed E-state index contributed by atoms with van der Waals surface area (Å²) in [7, 11) is -6.88. The Morgan fingerprint density at radius 3 is 2.18 bits per heavy atom. The van der Waals surface area contributed by atoms with Crippen LogP contribution < -0.4 is 4.72 Å². The summed E-state index contributed by atoms with van der Waals surface area (Å²) < 4.78 is 51.5. The molecule has 7 nitrogen and oxygen atoms in total. The third-order valence-electron chi connectivity index (χ3n) is 4.55. The van der Waals surface area contributed by atoms with Crippen LogP contribution in [0.3, 0.4) is 0 Å². The van der Waals surface area contributed by atoms with Crippen molar-refractivity contribution >= 4 is 31.4 Å². The quantitative estimate of drug-likeness (QED) is 0.776. The lowest BCUT2D eigenvalue weighted by atomic mass is 9.98. The van der Waals surface area contributed by atoms with Gasteiger partial charge in [-0.15, -0.1) is 0 Å². The van der Waals surface area contributed by atoms with Gasteiger partial charge in [0.1, 0.15) is 0 Å². The van der Waals surface area contributed by atoms with Gasteiger partial charge in [0, 0.05) is 12.1 Å². The molecule has 2 aromatic rings. The van der Waals surface area contributed by atoms with E-state index in [0.717, 1.165) is 27.4 Å². The fraction of sp³-hybridized carbons (Fsp3) is 0.316.